The summed E-state index contributed by atoms with van der Waals surface area (Å²) in [6.45, 7) is 24.6. The fourth-order valence-corrected chi connectivity index (χ4v) is 6.86. The van der Waals surface area contributed by atoms with Crippen LogP contribution in [-0.2, 0) is 13.6 Å². The predicted octanol–water partition coefficient (Wildman–Crippen LogP) is 7.49. The average molecular weight is 615 g/mol. The van der Waals surface area contributed by atoms with Gasteiger partial charge in [0, 0.05) is 12.0 Å². The number of anilines is 2. The summed E-state index contributed by atoms with van der Waals surface area (Å²) >= 11 is 0. The van der Waals surface area contributed by atoms with Crippen molar-refractivity contribution in [1.29, 1.82) is 0 Å². The van der Waals surface area contributed by atoms with Crippen LogP contribution in [0.25, 0.3) is 11.2 Å². The van der Waals surface area contributed by atoms with Crippen LogP contribution in [0, 0.1) is 17.0 Å². The molecule has 3 heterocycles. The highest BCUT2D eigenvalue weighted by Gasteiger charge is 2.47. The number of fused-ring (bicyclic) bond motifs is 1. The van der Waals surface area contributed by atoms with Crippen LogP contribution >= 0.6 is 0 Å². The van der Waals surface area contributed by atoms with Crippen LogP contribution in [0.5, 0.6) is 0 Å². The molecule has 1 aliphatic heterocycles. The molecule has 0 amide bonds. The molecule has 11 nitrogen and oxygen atoms in total. The minimum atomic E-state index is -2.10. The first-order chi connectivity index (χ1) is 19.3. The molecule has 0 radical (unpaired) electrons. The Hall–Kier alpha value is -2.72. The van der Waals surface area contributed by atoms with Gasteiger partial charge in [-0.1, -0.05) is 53.7 Å². The van der Waals surface area contributed by atoms with E-state index in [4.69, 9.17) is 13.6 Å². The molecule has 0 saturated carbocycles. The van der Waals surface area contributed by atoms with Crippen LogP contribution in [0.3, 0.4) is 0 Å². The molecule has 1 aliphatic rings. The van der Waals surface area contributed by atoms with E-state index < -0.39 is 21.6 Å². The van der Waals surface area contributed by atoms with Crippen molar-refractivity contribution in [2.75, 3.05) is 11.9 Å². The summed E-state index contributed by atoms with van der Waals surface area (Å²) in [4.78, 5) is 24.8. The average Bonchev–Trinajstić information content (AvgIpc) is 3.45. The summed E-state index contributed by atoms with van der Waals surface area (Å²) in [6, 6.07) is 5.13. The molecule has 1 fully saturated rings. The second-order valence-corrected chi connectivity index (χ2v) is 23.8. The molecule has 13 heteroatoms. The highest BCUT2D eigenvalue weighted by molar-refractivity contribution is 6.74. The molecule has 0 spiro atoms. The first kappa shape index (κ1) is 32.2. The van der Waals surface area contributed by atoms with Gasteiger partial charge in [-0.15, -0.1) is 0 Å². The lowest BCUT2D eigenvalue weighted by Gasteiger charge is -2.40. The van der Waals surface area contributed by atoms with Crippen LogP contribution in [0.4, 0.5) is 17.2 Å². The molecule has 1 saturated heterocycles. The van der Waals surface area contributed by atoms with Gasteiger partial charge in [0.15, 0.2) is 33.6 Å². The molecule has 2 aromatic heterocycles. The van der Waals surface area contributed by atoms with Crippen molar-refractivity contribution in [3.05, 3.63) is 46.5 Å². The number of benzene rings is 1. The summed E-state index contributed by atoms with van der Waals surface area (Å²) in [6.07, 6.45) is 2.99. The molecular weight excluding hydrogens is 569 g/mol. The number of ether oxygens (including phenoxy) is 1. The lowest BCUT2D eigenvalue weighted by molar-refractivity contribution is -0.384. The number of nitrogens with one attached hydrogen (secondary N) is 1. The van der Waals surface area contributed by atoms with Gasteiger partial charge in [-0.3, -0.25) is 14.7 Å². The summed E-state index contributed by atoms with van der Waals surface area (Å²) in [5, 5.41) is 15.0. The highest BCUT2D eigenvalue weighted by atomic mass is 28.4. The number of hydrogen-bond donors (Lipinski definition) is 1. The van der Waals surface area contributed by atoms with E-state index in [0.29, 0.717) is 41.3 Å². The maximum Gasteiger partial charge on any atom is 0.295 e. The number of para-hydroxylation sites is 1. The van der Waals surface area contributed by atoms with E-state index in [-0.39, 0.29) is 34.2 Å². The standard InChI is InChI=1S/C29H46N6O5Si2/c1-19-13-12-14-20(25(19)35(36)37)33-26-24-27(31-17-30-26)34(18-32-24)23-15-21(40-42(10,11)29(5,6)7)22(39-23)16-38-41(8,9)28(2,3)4/h12-14,17-18,21-23H,15-16H2,1-11H3,(H,30,31,33)/t21-,22+,23+/m0/s1. The first-order valence-corrected chi connectivity index (χ1v) is 20.3. The molecule has 42 heavy (non-hydrogen) atoms. The van der Waals surface area contributed by atoms with Crippen LogP contribution in [0.2, 0.25) is 36.3 Å². The van der Waals surface area contributed by atoms with Crippen molar-refractivity contribution in [3.8, 4) is 0 Å². The van der Waals surface area contributed by atoms with Crippen molar-refractivity contribution in [2.24, 2.45) is 0 Å². The number of nitro groups is 1. The van der Waals surface area contributed by atoms with E-state index in [2.05, 4.69) is 88.0 Å². The Labute approximate surface area is 250 Å². The van der Waals surface area contributed by atoms with E-state index in [0.717, 1.165) is 0 Å². The zero-order valence-electron chi connectivity index (χ0n) is 26.8. The third kappa shape index (κ3) is 6.44. The summed E-state index contributed by atoms with van der Waals surface area (Å²) in [5.41, 5.74) is 1.97. The van der Waals surface area contributed by atoms with E-state index >= 15 is 0 Å². The minimum Gasteiger partial charge on any atom is -0.414 e. The highest BCUT2D eigenvalue weighted by Crippen LogP contribution is 2.43. The Morgan fingerprint density at radius 2 is 1.74 bits per heavy atom. The van der Waals surface area contributed by atoms with Crippen molar-refractivity contribution in [1.82, 2.24) is 19.5 Å². The van der Waals surface area contributed by atoms with E-state index in [1.54, 1.807) is 31.5 Å². The van der Waals surface area contributed by atoms with Gasteiger partial charge in [0.2, 0.25) is 0 Å². The second-order valence-electron chi connectivity index (χ2n) is 14.3. The lowest BCUT2D eigenvalue weighted by Crippen LogP contribution is -2.48. The minimum absolute atomic E-state index is 0.00184. The molecule has 3 atom stereocenters. The Bertz CT molecular complexity index is 1450. The first-order valence-electron chi connectivity index (χ1n) is 14.5. The summed E-state index contributed by atoms with van der Waals surface area (Å²) in [7, 11) is -4.11. The molecule has 0 unspecified atom stereocenters. The SMILES string of the molecule is Cc1cccc(Nc2ncnc3c2ncn3[C@H]2C[C@H](O[Si](C)(C)C(C)(C)C)[C@@H](CO[Si](C)(C)C(C)(C)C)O2)c1[N+](=O)[O-]. The summed E-state index contributed by atoms with van der Waals surface area (Å²) < 4.78 is 22.1. The number of rotatable bonds is 9. The fourth-order valence-electron chi connectivity index (χ4n) is 4.49. The molecular formula is C29H46N6O5Si2. The number of aryl methyl sites for hydroxylation is 1. The van der Waals surface area contributed by atoms with Crippen LogP contribution in [-0.4, -0.2) is 59.9 Å². The quantitative estimate of drug-likeness (QED) is 0.148. The zero-order valence-corrected chi connectivity index (χ0v) is 28.8. The fraction of sp³-hybridized carbons (Fsp3) is 0.621. The number of nitro benzene ring substituents is 1. The molecule has 4 rings (SSSR count). The molecule has 1 aromatic carbocycles. The molecule has 1 N–H and O–H groups in total. The molecule has 0 aliphatic carbocycles. The number of aromatic nitrogens is 4. The Morgan fingerprint density at radius 1 is 1.07 bits per heavy atom. The van der Waals surface area contributed by atoms with Gasteiger partial charge in [0.25, 0.3) is 5.69 Å². The predicted molar refractivity (Wildman–Crippen MR) is 170 cm³/mol. The number of nitrogens with zero attached hydrogens (tertiary/aromatic N) is 5. The van der Waals surface area contributed by atoms with Crippen molar-refractivity contribution < 1.29 is 18.5 Å². The third-order valence-electron chi connectivity index (χ3n) is 9.19. The molecule has 3 aromatic rings. The van der Waals surface area contributed by atoms with Gasteiger partial charge < -0.3 is 18.9 Å². The van der Waals surface area contributed by atoms with E-state index in [1.807, 2.05) is 4.57 Å². The largest absolute Gasteiger partial charge is 0.414 e. The van der Waals surface area contributed by atoms with Crippen molar-refractivity contribution >= 4 is 45.0 Å². The molecule has 230 valence electrons. The third-order valence-corrected chi connectivity index (χ3v) is 18.2. The lowest BCUT2D eigenvalue weighted by atomic mass is 10.1. The number of hydrogen-bond acceptors (Lipinski definition) is 9. The van der Waals surface area contributed by atoms with Gasteiger partial charge in [0.1, 0.15) is 24.3 Å². The monoisotopic (exact) mass is 614 g/mol. The maximum atomic E-state index is 11.7. The van der Waals surface area contributed by atoms with E-state index in [1.165, 1.54) is 6.33 Å². The maximum absolute atomic E-state index is 11.7. The van der Waals surface area contributed by atoms with Gasteiger partial charge in [-0.25, -0.2) is 15.0 Å². The van der Waals surface area contributed by atoms with Gasteiger partial charge in [-0.05, 0) is 49.3 Å². The number of imidazole rings is 1. The molecule has 0 bridgehead atoms. The van der Waals surface area contributed by atoms with Crippen molar-refractivity contribution in [2.45, 2.75) is 110 Å². The van der Waals surface area contributed by atoms with Crippen molar-refractivity contribution in [3.63, 3.8) is 0 Å². The Kier molecular flexibility index (Phi) is 8.75. The Balaban J connectivity index is 1.65. The van der Waals surface area contributed by atoms with Crippen LogP contribution < -0.4 is 5.32 Å². The Morgan fingerprint density at radius 3 is 2.36 bits per heavy atom. The summed E-state index contributed by atoms with van der Waals surface area (Å²) in [5.74, 6) is 0.386. The van der Waals surface area contributed by atoms with Gasteiger partial charge in [0.05, 0.1) is 24.0 Å². The van der Waals surface area contributed by atoms with Crippen LogP contribution in [0.1, 0.15) is 59.8 Å². The topological polar surface area (TPSA) is 126 Å². The normalized spacial score (nSPS) is 20.3. The smallest absolute Gasteiger partial charge is 0.295 e. The van der Waals surface area contributed by atoms with E-state index in [9.17, 15) is 10.1 Å². The van der Waals surface area contributed by atoms with Gasteiger partial charge >= 0.3 is 0 Å². The van der Waals surface area contributed by atoms with Gasteiger partial charge in [-0.2, -0.15) is 0 Å². The zero-order chi connectivity index (χ0) is 31.3. The second kappa shape index (κ2) is 11.4. The van der Waals surface area contributed by atoms with Crippen LogP contribution in [0.15, 0.2) is 30.9 Å².